The lowest BCUT2D eigenvalue weighted by molar-refractivity contribution is 0.295. The minimum Gasteiger partial charge on any atom is -0.486 e. The van der Waals surface area contributed by atoms with E-state index in [1.165, 1.54) is 0 Å². The lowest BCUT2D eigenvalue weighted by Crippen LogP contribution is -2.00. The van der Waals surface area contributed by atoms with Gasteiger partial charge in [0, 0.05) is 16.9 Å². The Morgan fingerprint density at radius 2 is 1.71 bits per heavy atom. The number of halogens is 1. The minimum atomic E-state index is 0.390. The zero-order valence-corrected chi connectivity index (χ0v) is 11.4. The van der Waals surface area contributed by atoms with Gasteiger partial charge in [0.25, 0.3) is 0 Å². The Bertz CT molecular complexity index is 491. The van der Waals surface area contributed by atoms with Crippen LogP contribution in [0.1, 0.15) is 17.0 Å². The molecule has 0 saturated carbocycles. The summed E-state index contributed by atoms with van der Waals surface area (Å²) in [4.78, 5) is 8.22. The van der Waals surface area contributed by atoms with E-state index < -0.39 is 0 Å². The zero-order chi connectivity index (χ0) is 12.3. The van der Waals surface area contributed by atoms with E-state index in [-0.39, 0.29) is 0 Å². The van der Waals surface area contributed by atoms with Gasteiger partial charge in [-0.25, -0.2) is 9.97 Å². The molecule has 4 heteroatoms. The standard InChI is InChI=1S/C13H13BrN2O/c1-9-6-11(7-10(2)13(9)14)17-8-12-15-4-3-5-16-12/h3-7H,8H2,1-2H3. The van der Waals surface area contributed by atoms with Crippen LogP contribution in [0.3, 0.4) is 0 Å². The molecular formula is C13H13BrN2O. The molecule has 0 saturated heterocycles. The molecule has 0 aliphatic rings. The number of aromatic nitrogens is 2. The van der Waals surface area contributed by atoms with Crippen LogP contribution in [-0.4, -0.2) is 9.97 Å². The molecule has 2 aromatic rings. The van der Waals surface area contributed by atoms with E-state index in [0.29, 0.717) is 12.4 Å². The van der Waals surface area contributed by atoms with Gasteiger partial charge in [-0.15, -0.1) is 0 Å². The molecular weight excluding hydrogens is 280 g/mol. The number of hydrogen-bond acceptors (Lipinski definition) is 3. The Labute approximate surface area is 109 Å². The first kappa shape index (κ1) is 12.0. The fourth-order valence-corrected chi connectivity index (χ4v) is 1.77. The lowest BCUT2D eigenvalue weighted by Gasteiger charge is -2.09. The van der Waals surface area contributed by atoms with Gasteiger partial charge in [-0.05, 0) is 43.2 Å². The molecule has 0 amide bonds. The van der Waals surface area contributed by atoms with Crippen LogP contribution in [0.15, 0.2) is 35.1 Å². The predicted molar refractivity (Wildman–Crippen MR) is 70.0 cm³/mol. The first-order valence-corrected chi connectivity index (χ1v) is 6.11. The number of ether oxygens (including phenoxy) is 1. The topological polar surface area (TPSA) is 35.0 Å². The molecule has 0 atom stereocenters. The van der Waals surface area contributed by atoms with Crippen molar-refractivity contribution in [2.24, 2.45) is 0 Å². The third kappa shape index (κ3) is 3.03. The predicted octanol–water partition coefficient (Wildman–Crippen LogP) is 3.43. The summed E-state index contributed by atoms with van der Waals surface area (Å²) < 4.78 is 6.79. The van der Waals surface area contributed by atoms with Crippen LogP contribution in [0.4, 0.5) is 0 Å². The van der Waals surface area contributed by atoms with Crippen molar-refractivity contribution in [3.8, 4) is 5.75 Å². The summed E-state index contributed by atoms with van der Waals surface area (Å²) >= 11 is 3.53. The van der Waals surface area contributed by atoms with Crippen LogP contribution >= 0.6 is 15.9 Å². The van der Waals surface area contributed by atoms with E-state index >= 15 is 0 Å². The summed E-state index contributed by atoms with van der Waals surface area (Å²) in [6.45, 7) is 4.48. The number of nitrogens with zero attached hydrogens (tertiary/aromatic N) is 2. The van der Waals surface area contributed by atoms with Gasteiger partial charge < -0.3 is 4.74 Å². The molecule has 0 fully saturated rings. The van der Waals surface area contributed by atoms with Gasteiger partial charge in [0.1, 0.15) is 12.4 Å². The van der Waals surface area contributed by atoms with Gasteiger partial charge in [0.05, 0.1) is 0 Å². The van der Waals surface area contributed by atoms with E-state index in [9.17, 15) is 0 Å². The second kappa shape index (κ2) is 5.27. The SMILES string of the molecule is Cc1cc(OCc2ncccn2)cc(C)c1Br. The van der Waals surface area contributed by atoms with Gasteiger partial charge in [0.2, 0.25) is 0 Å². The number of hydrogen-bond donors (Lipinski definition) is 0. The molecule has 0 spiro atoms. The highest BCUT2D eigenvalue weighted by atomic mass is 79.9. The zero-order valence-electron chi connectivity index (χ0n) is 9.77. The maximum absolute atomic E-state index is 5.66. The van der Waals surface area contributed by atoms with Crippen LogP contribution in [0.5, 0.6) is 5.75 Å². The van der Waals surface area contributed by atoms with Gasteiger partial charge in [-0.2, -0.15) is 0 Å². The highest BCUT2D eigenvalue weighted by molar-refractivity contribution is 9.10. The summed E-state index contributed by atoms with van der Waals surface area (Å²) in [6.07, 6.45) is 3.42. The Hall–Kier alpha value is -1.42. The maximum Gasteiger partial charge on any atom is 0.166 e. The second-order valence-electron chi connectivity index (χ2n) is 3.82. The molecule has 0 bridgehead atoms. The smallest absolute Gasteiger partial charge is 0.166 e. The first-order valence-electron chi connectivity index (χ1n) is 5.32. The van der Waals surface area contributed by atoms with Gasteiger partial charge in [0.15, 0.2) is 5.82 Å². The molecule has 0 radical (unpaired) electrons. The summed E-state index contributed by atoms with van der Waals surface area (Å²) in [6, 6.07) is 5.79. The van der Waals surface area contributed by atoms with E-state index in [2.05, 4.69) is 25.9 Å². The van der Waals surface area contributed by atoms with Crippen LogP contribution in [0.2, 0.25) is 0 Å². The second-order valence-corrected chi connectivity index (χ2v) is 4.62. The van der Waals surface area contributed by atoms with Crippen molar-refractivity contribution in [1.82, 2.24) is 9.97 Å². The molecule has 17 heavy (non-hydrogen) atoms. The summed E-state index contributed by atoms with van der Waals surface area (Å²) in [5.74, 6) is 1.53. The normalized spacial score (nSPS) is 10.3. The molecule has 0 aliphatic heterocycles. The molecule has 2 rings (SSSR count). The fraction of sp³-hybridized carbons (Fsp3) is 0.231. The highest BCUT2D eigenvalue weighted by Gasteiger charge is 2.04. The monoisotopic (exact) mass is 292 g/mol. The van der Waals surface area contributed by atoms with Crippen molar-refractivity contribution in [2.45, 2.75) is 20.5 Å². The lowest BCUT2D eigenvalue weighted by atomic mass is 10.1. The quantitative estimate of drug-likeness (QED) is 0.869. The third-order valence-electron chi connectivity index (χ3n) is 2.40. The van der Waals surface area contributed by atoms with E-state index in [1.807, 2.05) is 26.0 Å². The average molecular weight is 293 g/mol. The van der Waals surface area contributed by atoms with Crippen molar-refractivity contribution in [2.75, 3.05) is 0 Å². The number of benzene rings is 1. The summed E-state index contributed by atoms with van der Waals surface area (Å²) in [5.41, 5.74) is 2.32. The van der Waals surface area contributed by atoms with E-state index in [0.717, 1.165) is 21.3 Å². The largest absolute Gasteiger partial charge is 0.486 e. The Morgan fingerprint density at radius 3 is 2.29 bits per heavy atom. The highest BCUT2D eigenvalue weighted by Crippen LogP contribution is 2.26. The Kier molecular flexibility index (Phi) is 3.74. The van der Waals surface area contributed by atoms with E-state index in [1.54, 1.807) is 18.5 Å². The van der Waals surface area contributed by atoms with Gasteiger partial charge >= 0.3 is 0 Å². The van der Waals surface area contributed by atoms with Gasteiger partial charge in [-0.1, -0.05) is 15.9 Å². The van der Waals surface area contributed by atoms with Crippen molar-refractivity contribution in [1.29, 1.82) is 0 Å². The third-order valence-corrected chi connectivity index (χ3v) is 3.65. The van der Waals surface area contributed by atoms with Gasteiger partial charge in [-0.3, -0.25) is 0 Å². The maximum atomic E-state index is 5.66. The average Bonchev–Trinajstić information content (AvgIpc) is 2.34. The van der Waals surface area contributed by atoms with Crippen molar-refractivity contribution >= 4 is 15.9 Å². The minimum absolute atomic E-state index is 0.390. The van der Waals surface area contributed by atoms with Crippen molar-refractivity contribution in [3.05, 3.63) is 52.0 Å². The molecule has 0 N–H and O–H groups in total. The Morgan fingerprint density at radius 1 is 1.12 bits per heavy atom. The van der Waals surface area contributed by atoms with Crippen LogP contribution in [0.25, 0.3) is 0 Å². The summed E-state index contributed by atoms with van der Waals surface area (Å²) in [5, 5.41) is 0. The molecule has 3 nitrogen and oxygen atoms in total. The first-order chi connectivity index (χ1) is 8.16. The molecule has 1 aromatic heterocycles. The molecule has 0 unspecified atom stereocenters. The van der Waals surface area contributed by atoms with Crippen LogP contribution < -0.4 is 4.74 Å². The fourth-order valence-electron chi connectivity index (χ4n) is 1.54. The van der Waals surface area contributed by atoms with Crippen LogP contribution in [-0.2, 0) is 6.61 Å². The number of aryl methyl sites for hydroxylation is 2. The summed E-state index contributed by atoms with van der Waals surface area (Å²) in [7, 11) is 0. The number of rotatable bonds is 3. The van der Waals surface area contributed by atoms with Crippen LogP contribution in [0, 0.1) is 13.8 Å². The molecule has 88 valence electrons. The van der Waals surface area contributed by atoms with E-state index in [4.69, 9.17) is 4.74 Å². The molecule has 0 aliphatic carbocycles. The molecule has 1 aromatic carbocycles. The van der Waals surface area contributed by atoms with Crippen molar-refractivity contribution in [3.63, 3.8) is 0 Å². The van der Waals surface area contributed by atoms with Crippen molar-refractivity contribution < 1.29 is 4.74 Å². The Balaban J connectivity index is 2.10. The molecule has 1 heterocycles.